The Balaban J connectivity index is 1.73. The molecule has 9 heteroatoms. The highest BCUT2D eigenvalue weighted by Gasteiger charge is 2.37. The van der Waals surface area contributed by atoms with E-state index in [1.165, 1.54) is 66.7 Å². The molecular formula is C21H12ClNO6S. The van der Waals surface area contributed by atoms with Gasteiger partial charge in [0.05, 0.1) is 32.2 Å². The standard InChI is InChI=1S/C21H12ClNO6S/c22-13-3-7-15(8-4-13)30(28,29)16-9-10-17-18(11-16)20(25)23(19(17)24)14-5-1-12(2-6-14)21(26)27/h1-11H,(H,26,27). The van der Waals surface area contributed by atoms with Gasteiger partial charge in [0.2, 0.25) is 9.84 Å². The van der Waals surface area contributed by atoms with Crippen molar-refractivity contribution in [3.8, 4) is 0 Å². The summed E-state index contributed by atoms with van der Waals surface area (Å²) >= 11 is 5.81. The molecule has 1 N–H and O–H groups in total. The van der Waals surface area contributed by atoms with Crippen LogP contribution in [0.3, 0.4) is 0 Å². The van der Waals surface area contributed by atoms with Crippen molar-refractivity contribution in [2.45, 2.75) is 9.79 Å². The molecule has 0 atom stereocenters. The van der Waals surface area contributed by atoms with Crippen LogP contribution < -0.4 is 4.90 Å². The Bertz CT molecular complexity index is 1310. The predicted octanol–water partition coefficient (Wildman–Crippen LogP) is 3.67. The summed E-state index contributed by atoms with van der Waals surface area (Å²) < 4.78 is 25.8. The SMILES string of the molecule is O=C(O)c1ccc(N2C(=O)c3ccc(S(=O)(=O)c4ccc(Cl)cc4)cc3C2=O)cc1. The molecule has 0 fully saturated rings. The number of halogens is 1. The van der Waals surface area contributed by atoms with E-state index >= 15 is 0 Å². The molecule has 3 aromatic rings. The Kier molecular flexibility index (Phi) is 4.68. The van der Waals surface area contributed by atoms with Crippen LogP contribution in [-0.2, 0) is 9.84 Å². The molecule has 0 bridgehead atoms. The molecule has 3 aromatic carbocycles. The predicted molar refractivity (Wildman–Crippen MR) is 108 cm³/mol. The molecule has 0 spiro atoms. The van der Waals surface area contributed by atoms with Crippen molar-refractivity contribution in [2.75, 3.05) is 4.90 Å². The molecule has 1 aliphatic rings. The van der Waals surface area contributed by atoms with Crippen LogP contribution in [0.5, 0.6) is 0 Å². The molecule has 150 valence electrons. The summed E-state index contributed by atoms with van der Waals surface area (Å²) in [5, 5.41) is 9.37. The second kappa shape index (κ2) is 7.08. The van der Waals surface area contributed by atoms with Crippen molar-refractivity contribution in [1.29, 1.82) is 0 Å². The van der Waals surface area contributed by atoms with E-state index in [2.05, 4.69) is 0 Å². The molecule has 0 aliphatic carbocycles. The van der Waals surface area contributed by atoms with Gasteiger partial charge in [-0.05, 0) is 66.7 Å². The summed E-state index contributed by atoms with van der Waals surface area (Å²) in [6.45, 7) is 0. The lowest BCUT2D eigenvalue weighted by Gasteiger charge is -2.13. The van der Waals surface area contributed by atoms with Gasteiger partial charge >= 0.3 is 5.97 Å². The number of nitrogens with zero attached hydrogens (tertiary/aromatic N) is 1. The molecule has 0 aromatic heterocycles. The number of carbonyl (C=O) groups excluding carboxylic acids is 2. The van der Waals surface area contributed by atoms with Gasteiger partial charge in [-0.1, -0.05) is 11.6 Å². The van der Waals surface area contributed by atoms with Crippen LogP contribution in [0.2, 0.25) is 5.02 Å². The zero-order valence-corrected chi connectivity index (χ0v) is 16.6. The van der Waals surface area contributed by atoms with Crippen LogP contribution in [-0.4, -0.2) is 31.3 Å². The highest BCUT2D eigenvalue weighted by atomic mass is 35.5. The monoisotopic (exact) mass is 441 g/mol. The maximum Gasteiger partial charge on any atom is 0.335 e. The molecule has 1 aliphatic heterocycles. The van der Waals surface area contributed by atoms with E-state index in [-0.39, 0.29) is 32.2 Å². The van der Waals surface area contributed by atoms with Crippen LogP contribution in [0.4, 0.5) is 5.69 Å². The number of hydrogen-bond donors (Lipinski definition) is 1. The quantitative estimate of drug-likeness (QED) is 0.619. The molecule has 0 saturated carbocycles. The number of carboxylic acid groups (broad SMARTS) is 1. The molecule has 2 amide bonds. The van der Waals surface area contributed by atoms with E-state index in [9.17, 15) is 22.8 Å². The van der Waals surface area contributed by atoms with E-state index in [1.54, 1.807) is 0 Å². The second-order valence-corrected chi connectivity index (χ2v) is 8.85. The third-order valence-corrected chi connectivity index (χ3v) is 6.68. The van der Waals surface area contributed by atoms with Crippen LogP contribution in [0.25, 0.3) is 0 Å². The number of fused-ring (bicyclic) bond motifs is 1. The number of imide groups is 1. The summed E-state index contributed by atoms with van der Waals surface area (Å²) in [6.07, 6.45) is 0. The topological polar surface area (TPSA) is 109 Å². The number of sulfone groups is 1. The summed E-state index contributed by atoms with van der Waals surface area (Å²) in [7, 11) is -3.92. The van der Waals surface area contributed by atoms with E-state index in [1.807, 2.05) is 0 Å². The fourth-order valence-electron chi connectivity index (χ4n) is 3.12. The minimum absolute atomic E-state index is 0.00439. The Hall–Kier alpha value is -3.49. The number of hydrogen-bond acceptors (Lipinski definition) is 5. The van der Waals surface area contributed by atoms with E-state index in [0.717, 1.165) is 4.90 Å². The molecule has 1 heterocycles. The largest absolute Gasteiger partial charge is 0.478 e. The summed E-state index contributed by atoms with van der Waals surface area (Å²) in [5.74, 6) is -2.44. The Morgan fingerprint density at radius 3 is 1.97 bits per heavy atom. The van der Waals surface area contributed by atoms with Crippen molar-refractivity contribution < 1.29 is 27.9 Å². The lowest BCUT2D eigenvalue weighted by molar-refractivity contribution is 0.0696. The fraction of sp³-hybridized carbons (Fsp3) is 0. The maximum atomic E-state index is 12.9. The smallest absolute Gasteiger partial charge is 0.335 e. The zero-order chi connectivity index (χ0) is 21.6. The van der Waals surface area contributed by atoms with Crippen molar-refractivity contribution in [1.82, 2.24) is 0 Å². The van der Waals surface area contributed by atoms with Gasteiger partial charge in [-0.3, -0.25) is 9.59 Å². The number of rotatable bonds is 4. The van der Waals surface area contributed by atoms with Crippen molar-refractivity contribution >= 4 is 44.9 Å². The Morgan fingerprint density at radius 2 is 1.37 bits per heavy atom. The van der Waals surface area contributed by atoms with Crippen LogP contribution in [0, 0.1) is 0 Å². The minimum Gasteiger partial charge on any atom is -0.478 e. The van der Waals surface area contributed by atoms with Crippen molar-refractivity contribution in [3.63, 3.8) is 0 Å². The van der Waals surface area contributed by atoms with Gasteiger partial charge in [0.25, 0.3) is 11.8 Å². The number of carboxylic acids is 1. The molecule has 7 nitrogen and oxygen atoms in total. The van der Waals surface area contributed by atoms with Crippen molar-refractivity contribution in [2.24, 2.45) is 0 Å². The number of carbonyl (C=O) groups is 3. The minimum atomic E-state index is -3.92. The Labute approximate surface area is 176 Å². The molecular weight excluding hydrogens is 430 g/mol. The molecule has 0 radical (unpaired) electrons. The van der Waals surface area contributed by atoms with Crippen molar-refractivity contribution in [3.05, 3.63) is 88.4 Å². The zero-order valence-electron chi connectivity index (χ0n) is 15.1. The average Bonchev–Trinajstić information content (AvgIpc) is 2.98. The summed E-state index contributed by atoms with van der Waals surface area (Å²) in [4.78, 5) is 37.3. The first-order valence-electron chi connectivity index (χ1n) is 8.57. The lowest BCUT2D eigenvalue weighted by atomic mass is 10.1. The highest BCUT2D eigenvalue weighted by molar-refractivity contribution is 7.91. The van der Waals surface area contributed by atoms with E-state index < -0.39 is 27.6 Å². The summed E-state index contributed by atoms with van der Waals surface area (Å²) in [6, 6.07) is 14.6. The van der Waals surface area contributed by atoms with Gasteiger partial charge in [0.15, 0.2) is 0 Å². The fourth-order valence-corrected chi connectivity index (χ4v) is 4.54. The number of anilines is 1. The van der Waals surface area contributed by atoms with Gasteiger partial charge in [-0.15, -0.1) is 0 Å². The molecule has 0 saturated heterocycles. The normalized spacial score (nSPS) is 13.4. The average molecular weight is 442 g/mol. The summed E-state index contributed by atoms with van der Waals surface area (Å²) in [5.41, 5.74) is 0.217. The van der Waals surface area contributed by atoms with Gasteiger partial charge in [0.1, 0.15) is 0 Å². The lowest BCUT2D eigenvalue weighted by Crippen LogP contribution is -2.29. The molecule has 4 rings (SSSR count). The highest BCUT2D eigenvalue weighted by Crippen LogP contribution is 2.32. The van der Waals surface area contributed by atoms with Crippen LogP contribution in [0.1, 0.15) is 31.1 Å². The van der Waals surface area contributed by atoms with Gasteiger partial charge < -0.3 is 5.11 Å². The Morgan fingerprint density at radius 1 is 0.800 bits per heavy atom. The molecule has 30 heavy (non-hydrogen) atoms. The number of benzene rings is 3. The van der Waals surface area contributed by atoms with Gasteiger partial charge in [-0.2, -0.15) is 0 Å². The van der Waals surface area contributed by atoms with E-state index in [4.69, 9.17) is 16.7 Å². The van der Waals surface area contributed by atoms with Crippen LogP contribution >= 0.6 is 11.6 Å². The maximum absolute atomic E-state index is 12.9. The first-order valence-corrected chi connectivity index (χ1v) is 10.4. The third-order valence-electron chi connectivity index (χ3n) is 4.66. The molecule has 0 unspecified atom stereocenters. The first kappa shape index (κ1) is 19.8. The van der Waals surface area contributed by atoms with E-state index in [0.29, 0.717) is 5.02 Å². The van der Waals surface area contributed by atoms with Gasteiger partial charge in [0, 0.05) is 5.02 Å². The third kappa shape index (κ3) is 3.16. The first-order chi connectivity index (χ1) is 14.2. The second-order valence-electron chi connectivity index (χ2n) is 6.46. The van der Waals surface area contributed by atoms with Gasteiger partial charge in [-0.25, -0.2) is 18.1 Å². The number of amides is 2. The van der Waals surface area contributed by atoms with Crippen LogP contribution in [0.15, 0.2) is 76.5 Å². The number of aromatic carboxylic acids is 1.